The van der Waals surface area contributed by atoms with E-state index in [4.69, 9.17) is 9.15 Å². The lowest BCUT2D eigenvalue weighted by Gasteiger charge is -2.27. The second-order valence-corrected chi connectivity index (χ2v) is 8.40. The van der Waals surface area contributed by atoms with E-state index in [1.807, 2.05) is 47.4 Å². The number of hydrogen-bond acceptors (Lipinski definition) is 5. The van der Waals surface area contributed by atoms with Gasteiger partial charge in [0.05, 0.1) is 11.9 Å². The van der Waals surface area contributed by atoms with Gasteiger partial charge in [0, 0.05) is 20.1 Å². The summed E-state index contributed by atoms with van der Waals surface area (Å²) in [7, 11) is 1.70. The maximum Gasteiger partial charge on any atom is 0.291 e. The number of ether oxygens (including phenoxy) is 1. The fraction of sp³-hybridized carbons (Fsp3) is 0.269. The van der Waals surface area contributed by atoms with E-state index in [0.717, 1.165) is 48.9 Å². The third kappa shape index (κ3) is 4.52. The van der Waals surface area contributed by atoms with Crippen molar-refractivity contribution >= 4 is 28.3 Å². The Morgan fingerprint density at radius 3 is 2.65 bits per heavy atom. The van der Waals surface area contributed by atoms with Crippen molar-refractivity contribution in [3.05, 3.63) is 78.0 Å². The van der Waals surface area contributed by atoms with Crippen molar-refractivity contribution in [1.82, 2.24) is 14.7 Å². The maximum atomic E-state index is 13.0. The minimum Gasteiger partial charge on any atom is -0.486 e. The van der Waals surface area contributed by atoms with E-state index in [0.29, 0.717) is 17.1 Å². The molecule has 4 aromatic rings. The molecule has 0 radical (unpaired) electrons. The number of hydrogen-bond donors (Lipinski definition) is 1. The Kier molecular flexibility index (Phi) is 6.03. The van der Waals surface area contributed by atoms with Gasteiger partial charge in [-0.1, -0.05) is 30.3 Å². The van der Waals surface area contributed by atoms with E-state index in [9.17, 15) is 9.59 Å². The number of fused-ring (bicyclic) bond motifs is 1. The third-order valence-corrected chi connectivity index (χ3v) is 6.02. The number of aromatic nitrogens is 2. The van der Waals surface area contributed by atoms with E-state index >= 15 is 0 Å². The van der Waals surface area contributed by atoms with Crippen LogP contribution >= 0.6 is 0 Å². The first-order chi connectivity index (χ1) is 16.6. The summed E-state index contributed by atoms with van der Waals surface area (Å²) in [4.78, 5) is 27.6. The number of piperidine rings is 1. The topological polar surface area (TPSA) is 89.6 Å². The Hall–Kier alpha value is -4.07. The van der Waals surface area contributed by atoms with Crippen LogP contribution in [0.15, 0.2) is 65.2 Å². The number of aryl methyl sites for hydroxylation is 1. The molecule has 1 aliphatic rings. The van der Waals surface area contributed by atoms with Crippen LogP contribution in [0.5, 0.6) is 5.75 Å². The van der Waals surface area contributed by atoms with Gasteiger partial charge in [0.15, 0.2) is 5.76 Å². The fourth-order valence-electron chi connectivity index (χ4n) is 4.20. The van der Waals surface area contributed by atoms with Gasteiger partial charge in [0.2, 0.25) is 0 Å². The first-order valence-corrected chi connectivity index (χ1v) is 11.4. The van der Waals surface area contributed by atoms with Gasteiger partial charge in [0.1, 0.15) is 23.8 Å². The molecule has 0 bridgehead atoms. The van der Waals surface area contributed by atoms with Crippen molar-refractivity contribution in [2.45, 2.75) is 25.9 Å². The van der Waals surface area contributed by atoms with E-state index in [-0.39, 0.29) is 18.3 Å². The third-order valence-electron chi connectivity index (χ3n) is 6.02. The van der Waals surface area contributed by atoms with E-state index in [1.54, 1.807) is 19.2 Å². The quantitative estimate of drug-likeness (QED) is 0.455. The highest BCUT2D eigenvalue weighted by Crippen LogP contribution is 2.23. The molecule has 2 amide bonds. The predicted molar refractivity (Wildman–Crippen MR) is 128 cm³/mol. The normalized spacial score (nSPS) is 13.7. The zero-order chi connectivity index (χ0) is 23.5. The summed E-state index contributed by atoms with van der Waals surface area (Å²) in [6.07, 6.45) is 4.59. The molecule has 3 heterocycles. The van der Waals surface area contributed by atoms with Crippen LogP contribution in [0.3, 0.4) is 0 Å². The van der Waals surface area contributed by atoms with Crippen LogP contribution in [-0.4, -0.2) is 39.6 Å². The average Bonchev–Trinajstić information content (AvgIpc) is 3.49. The van der Waals surface area contributed by atoms with Crippen LogP contribution in [0.1, 0.15) is 46.1 Å². The average molecular weight is 459 g/mol. The molecule has 0 saturated carbocycles. The van der Waals surface area contributed by atoms with E-state index in [1.165, 1.54) is 10.9 Å². The summed E-state index contributed by atoms with van der Waals surface area (Å²) < 4.78 is 13.0. The molecule has 5 rings (SSSR count). The van der Waals surface area contributed by atoms with Gasteiger partial charge in [-0.15, -0.1) is 0 Å². The van der Waals surface area contributed by atoms with Gasteiger partial charge in [-0.25, -0.2) is 0 Å². The lowest BCUT2D eigenvalue weighted by Crippen LogP contribution is -2.37. The van der Waals surface area contributed by atoms with Crippen molar-refractivity contribution < 1.29 is 18.7 Å². The van der Waals surface area contributed by atoms with Gasteiger partial charge in [-0.2, -0.15) is 5.10 Å². The Labute approximate surface area is 197 Å². The maximum absolute atomic E-state index is 13.0. The number of furan rings is 1. The first-order valence-electron chi connectivity index (χ1n) is 11.4. The highest BCUT2D eigenvalue weighted by molar-refractivity contribution is 6.07. The molecule has 2 aromatic heterocycles. The van der Waals surface area contributed by atoms with Gasteiger partial charge >= 0.3 is 0 Å². The second kappa shape index (κ2) is 9.43. The van der Waals surface area contributed by atoms with Gasteiger partial charge in [-0.05, 0) is 54.3 Å². The predicted octanol–water partition coefficient (Wildman–Crippen LogP) is 4.62. The first kappa shape index (κ1) is 21.8. The van der Waals surface area contributed by atoms with Crippen molar-refractivity contribution in [1.29, 1.82) is 0 Å². The van der Waals surface area contributed by atoms with E-state index in [2.05, 4.69) is 10.4 Å². The number of amides is 2. The molecule has 0 spiro atoms. The zero-order valence-electron chi connectivity index (χ0n) is 19.0. The van der Waals surface area contributed by atoms with Crippen molar-refractivity contribution in [3.8, 4) is 5.75 Å². The van der Waals surface area contributed by atoms with Crippen molar-refractivity contribution in [2.75, 3.05) is 18.4 Å². The summed E-state index contributed by atoms with van der Waals surface area (Å²) in [5.74, 6) is 0.806. The Morgan fingerprint density at radius 2 is 1.82 bits per heavy atom. The number of nitrogens with zero attached hydrogens (tertiary/aromatic N) is 3. The number of carbonyl (C=O) groups excluding carboxylic acids is 2. The van der Waals surface area contributed by atoms with Gasteiger partial charge in [-0.3, -0.25) is 14.3 Å². The smallest absolute Gasteiger partial charge is 0.291 e. The Bertz CT molecular complexity index is 1330. The lowest BCUT2D eigenvalue weighted by molar-refractivity contribution is 0.0714. The van der Waals surface area contributed by atoms with Crippen LogP contribution in [0.25, 0.3) is 10.8 Å². The lowest BCUT2D eigenvalue weighted by atomic mass is 10.1. The molecule has 174 valence electrons. The molecule has 1 N–H and O–H groups in total. The summed E-state index contributed by atoms with van der Waals surface area (Å²) >= 11 is 0. The number of anilines is 1. The zero-order valence-corrected chi connectivity index (χ0v) is 19.0. The molecule has 1 fully saturated rings. The molecule has 34 heavy (non-hydrogen) atoms. The molecule has 0 atom stereocenters. The summed E-state index contributed by atoms with van der Waals surface area (Å²) in [5, 5.41) is 9.17. The van der Waals surface area contributed by atoms with E-state index < -0.39 is 5.91 Å². The van der Waals surface area contributed by atoms with Crippen molar-refractivity contribution in [2.24, 2.45) is 7.05 Å². The monoisotopic (exact) mass is 458 g/mol. The molecule has 0 aliphatic carbocycles. The molecular formula is C26H26N4O4. The van der Waals surface area contributed by atoms with Crippen LogP contribution in [0.2, 0.25) is 0 Å². The van der Waals surface area contributed by atoms with Crippen LogP contribution < -0.4 is 10.1 Å². The Morgan fingerprint density at radius 1 is 1.03 bits per heavy atom. The van der Waals surface area contributed by atoms with Gasteiger partial charge in [0.25, 0.3) is 11.8 Å². The standard InChI is InChI=1S/C26H26N4O4/c1-29-24(26(32)30-13-5-2-6-14-30)22(16-27-29)28-25(31)23-12-11-21(34-23)17-33-20-10-9-18-7-3-4-8-19(18)15-20/h3-4,7-12,15-16H,2,5-6,13-14,17H2,1H3,(H,28,31). The SMILES string of the molecule is Cn1ncc(NC(=O)c2ccc(COc3ccc4ccccc4c3)o2)c1C(=O)N1CCCCC1. The molecule has 1 aliphatic heterocycles. The minimum atomic E-state index is -0.447. The fourth-order valence-corrected chi connectivity index (χ4v) is 4.20. The molecular weight excluding hydrogens is 432 g/mol. The van der Waals surface area contributed by atoms with Gasteiger partial charge < -0.3 is 19.4 Å². The molecule has 0 unspecified atom stereocenters. The van der Waals surface area contributed by atoms with Crippen LogP contribution in [0, 0.1) is 0 Å². The number of benzene rings is 2. The second-order valence-electron chi connectivity index (χ2n) is 8.40. The number of carbonyl (C=O) groups is 2. The minimum absolute atomic E-state index is 0.126. The largest absolute Gasteiger partial charge is 0.486 e. The Balaban J connectivity index is 1.24. The number of nitrogens with one attached hydrogen (secondary N) is 1. The van der Waals surface area contributed by atoms with Crippen LogP contribution in [0.4, 0.5) is 5.69 Å². The van der Waals surface area contributed by atoms with Crippen molar-refractivity contribution in [3.63, 3.8) is 0 Å². The summed E-state index contributed by atoms with van der Waals surface area (Å²) in [6.45, 7) is 1.63. The highest BCUT2D eigenvalue weighted by atomic mass is 16.5. The molecule has 2 aromatic carbocycles. The highest BCUT2D eigenvalue weighted by Gasteiger charge is 2.25. The summed E-state index contributed by atoms with van der Waals surface area (Å²) in [5.41, 5.74) is 0.732. The number of rotatable bonds is 6. The van der Waals surface area contributed by atoms with Crippen LogP contribution in [-0.2, 0) is 13.7 Å². The molecule has 8 heteroatoms. The number of likely N-dealkylation sites (tertiary alicyclic amines) is 1. The summed E-state index contributed by atoms with van der Waals surface area (Å²) in [6, 6.07) is 17.2. The molecule has 1 saturated heterocycles. The molecule has 8 nitrogen and oxygen atoms in total.